The first-order chi connectivity index (χ1) is 15.6. The Bertz CT molecular complexity index is 1260. The molecule has 0 unspecified atom stereocenters. The predicted molar refractivity (Wildman–Crippen MR) is 116 cm³/mol. The number of nitrogens with one attached hydrogen (secondary N) is 1. The third kappa shape index (κ3) is 5.58. The molecule has 3 aromatic rings. The monoisotopic (exact) mass is 461 g/mol. The van der Waals surface area contributed by atoms with Crippen LogP contribution in [0, 0.1) is 6.92 Å². The fraction of sp³-hybridized carbons (Fsp3) is 0.261. The van der Waals surface area contributed by atoms with Gasteiger partial charge in [-0.15, -0.1) is 0 Å². The van der Waals surface area contributed by atoms with E-state index in [1.54, 1.807) is 0 Å². The van der Waals surface area contributed by atoms with E-state index in [2.05, 4.69) is 5.32 Å². The second-order valence-corrected chi connectivity index (χ2v) is 7.37. The number of ether oxygens (including phenoxy) is 1. The summed E-state index contributed by atoms with van der Waals surface area (Å²) in [4.78, 5) is 38.8. The standard InChI is InChI=1S/C23H22F3N3O4/c1-15-6-8-16(9-7-15)13-27-20(30)19-14-28(10-11-33-2)22(32)29(21(19)31)18-5-3-4-17(12-18)23(24,25)26/h3-9,12,14H,10-11,13H2,1-2H3,(H,27,30). The lowest BCUT2D eigenvalue weighted by molar-refractivity contribution is -0.137. The van der Waals surface area contributed by atoms with E-state index >= 15 is 0 Å². The smallest absolute Gasteiger partial charge is 0.383 e. The molecule has 0 fully saturated rings. The van der Waals surface area contributed by atoms with Gasteiger partial charge in [0, 0.05) is 19.9 Å². The van der Waals surface area contributed by atoms with E-state index in [1.165, 1.54) is 13.2 Å². The Balaban J connectivity index is 2.06. The van der Waals surface area contributed by atoms with Crippen molar-refractivity contribution in [1.82, 2.24) is 14.5 Å². The van der Waals surface area contributed by atoms with E-state index < -0.39 is 28.9 Å². The molecule has 0 saturated heterocycles. The molecule has 0 aliphatic carbocycles. The van der Waals surface area contributed by atoms with Crippen LogP contribution in [0.5, 0.6) is 0 Å². The summed E-state index contributed by atoms with van der Waals surface area (Å²) in [6.45, 7) is 2.12. The molecule has 1 amide bonds. The van der Waals surface area contributed by atoms with Crippen LogP contribution < -0.4 is 16.6 Å². The SMILES string of the molecule is COCCn1cc(C(=O)NCc2ccc(C)cc2)c(=O)n(-c2cccc(C(F)(F)F)c2)c1=O. The number of benzene rings is 2. The molecule has 1 aromatic heterocycles. The lowest BCUT2D eigenvalue weighted by atomic mass is 10.1. The number of rotatable bonds is 7. The molecule has 0 saturated carbocycles. The Labute approximate surface area is 187 Å². The summed E-state index contributed by atoms with van der Waals surface area (Å²) in [6.07, 6.45) is -3.57. The van der Waals surface area contributed by atoms with E-state index in [-0.39, 0.29) is 30.9 Å². The van der Waals surface area contributed by atoms with Gasteiger partial charge < -0.3 is 10.1 Å². The van der Waals surface area contributed by atoms with Crippen LogP contribution in [0.4, 0.5) is 13.2 Å². The molecule has 0 aliphatic heterocycles. The Hall–Kier alpha value is -3.66. The van der Waals surface area contributed by atoms with Gasteiger partial charge in [0.25, 0.3) is 11.5 Å². The number of aromatic nitrogens is 2. The average Bonchev–Trinajstić information content (AvgIpc) is 2.78. The summed E-state index contributed by atoms with van der Waals surface area (Å²) in [6, 6.07) is 11.2. The first-order valence-electron chi connectivity index (χ1n) is 9.98. The molecule has 2 aromatic carbocycles. The van der Waals surface area contributed by atoms with Crippen LogP contribution in [0.15, 0.2) is 64.3 Å². The second kappa shape index (κ2) is 9.86. The number of hydrogen-bond donors (Lipinski definition) is 1. The maximum absolute atomic E-state index is 13.2. The lowest BCUT2D eigenvalue weighted by Crippen LogP contribution is -2.43. The molecule has 7 nitrogen and oxygen atoms in total. The highest BCUT2D eigenvalue weighted by molar-refractivity contribution is 5.93. The van der Waals surface area contributed by atoms with Crippen molar-refractivity contribution in [3.8, 4) is 5.69 Å². The summed E-state index contributed by atoms with van der Waals surface area (Å²) in [7, 11) is 1.41. The zero-order chi connectivity index (χ0) is 24.2. The van der Waals surface area contributed by atoms with E-state index in [4.69, 9.17) is 4.74 Å². The summed E-state index contributed by atoms with van der Waals surface area (Å²) in [5, 5.41) is 2.61. The quantitative estimate of drug-likeness (QED) is 0.587. The summed E-state index contributed by atoms with van der Waals surface area (Å²) < 4.78 is 46.1. The van der Waals surface area contributed by atoms with Gasteiger partial charge in [-0.3, -0.25) is 14.2 Å². The predicted octanol–water partition coefficient (Wildman–Crippen LogP) is 2.90. The fourth-order valence-corrected chi connectivity index (χ4v) is 3.14. The van der Waals surface area contributed by atoms with Crippen molar-refractivity contribution in [2.75, 3.05) is 13.7 Å². The number of hydrogen-bond acceptors (Lipinski definition) is 4. The van der Waals surface area contributed by atoms with Crippen molar-refractivity contribution < 1.29 is 22.7 Å². The molecule has 33 heavy (non-hydrogen) atoms. The maximum atomic E-state index is 13.2. The number of halogens is 3. The van der Waals surface area contributed by atoms with Crippen LogP contribution in [-0.4, -0.2) is 28.8 Å². The van der Waals surface area contributed by atoms with Gasteiger partial charge in [-0.1, -0.05) is 35.9 Å². The minimum Gasteiger partial charge on any atom is -0.383 e. The molecule has 3 rings (SSSR count). The topological polar surface area (TPSA) is 82.3 Å². The van der Waals surface area contributed by atoms with Gasteiger partial charge in [0.15, 0.2) is 0 Å². The van der Waals surface area contributed by atoms with Crippen LogP contribution >= 0.6 is 0 Å². The summed E-state index contributed by atoms with van der Waals surface area (Å²) in [5.74, 6) is -0.757. The molecule has 1 heterocycles. The molecule has 0 aliphatic rings. The van der Waals surface area contributed by atoms with E-state index in [0.29, 0.717) is 10.6 Å². The highest BCUT2D eigenvalue weighted by Gasteiger charge is 2.31. The van der Waals surface area contributed by atoms with Crippen molar-refractivity contribution in [3.05, 3.63) is 97.8 Å². The minimum atomic E-state index is -4.67. The third-order valence-corrected chi connectivity index (χ3v) is 4.94. The van der Waals surface area contributed by atoms with Gasteiger partial charge in [0.2, 0.25) is 0 Å². The molecule has 0 spiro atoms. The van der Waals surface area contributed by atoms with E-state index in [9.17, 15) is 27.6 Å². The summed E-state index contributed by atoms with van der Waals surface area (Å²) in [5.41, 5.74) is -1.77. The Morgan fingerprint density at radius 1 is 1.09 bits per heavy atom. The number of nitrogens with zero attached hydrogens (tertiary/aromatic N) is 2. The summed E-state index contributed by atoms with van der Waals surface area (Å²) >= 11 is 0. The Morgan fingerprint density at radius 2 is 1.79 bits per heavy atom. The van der Waals surface area contributed by atoms with Crippen molar-refractivity contribution in [2.24, 2.45) is 0 Å². The average molecular weight is 461 g/mol. The van der Waals surface area contributed by atoms with Gasteiger partial charge in [0.1, 0.15) is 5.56 Å². The van der Waals surface area contributed by atoms with Crippen molar-refractivity contribution in [3.63, 3.8) is 0 Å². The molecule has 1 N–H and O–H groups in total. The second-order valence-electron chi connectivity index (χ2n) is 7.37. The number of amides is 1. The minimum absolute atomic E-state index is 0.00713. The Kier molecular flexibility index (Phi) is 7.17. The normalized spacial score (nSPS) is 11.4. The van der Waals surface area contributed by atoms with E-state index in [0.717, 1.165) is 34.0 Å². The molecular weight excluding hydrogens is 439 g/mol. The first kappa shape index (κ1) is 24.0. The fourth-order valence-electron chi connectivity index (χ4n) is 3.14. The number of carbonyl (C=O) groups is 1. The van der Waals surface area contributed by atoms with Crippen molar-refractivity contribution >= 4 is 5.91 Å². The highest BCUT2D eigenvalue weighted by Crippen LogP contribution is 2.29. The van der Waals surface area contributed by atoms with Gasteiger partial charge in [-0.25, -0.2) is 9.36 Å². The molecule has 10 heteroatoms. The van der Waals surface area contributed by atoms with Crippen LogP contribution in [-0.2, 0) is 24.0 Å². The lowest BCUT2D eigenvalue weighted by Gasteiger charge is -2.14. The molecule has 0 bridgehead atoms. The number of methoxy groups -OCH3 is 1. The highest BCUT2D eigenvalue weighted by atomic mass is 19.4. The first-order valence-corrected chi connectivity index (χ1v) is 9.98. The molecule has 0 radical (unpaired) electrons. The van der Waals surface area contributed by atoms with Gasteiger partial charge in [0.05, 0.1) is 24.4 Å². The zero-order valence-corrected chi connectivity index (χ0v) is 18.0. The third-order valence-electron chi connectivity index (χ3n) is 4.94. The van der Waals surface area contributed by atoms with Crippen LogP contribution in [0.3, 0.4) is 0 Å². The number of carbonyl (C=O) groups excluding carboxylic acids is 1. The van der Waals surface area contributed by atoms with Crippen LogP contribution in [0.25, 0.3) is 5.69 Å². The van der Waals surface area contributed by atoms with Gasteiger partial charge in [-0.05, 0) is 30.7 Å². The van der Waals surface area contributed by atoms with Crippen LogP contribution in [0.2, 0.25) is 0 Å². The largest absolute Gasteiger partial charge is 0.416 e. The van der Waals surface area contributed by atoms with Crippen molar-refractivity contribution in [2.45, 2.75) is 26.2 Å². The van der Waals surface area contributed by atoms with Gasteiger partial charge in [-0.2, -0.15) is 13.2 Å². The molecule has 0 atom stereocenters. The Morgan fingerprint density at radius 3 is 2.42 bits per heavy atom. The zero-order valence-electron chi connectivity index (χ0n) is 18.0. The van der Waals surface area contributed by atoms with E-state index in [1.807, 2.05) is 31.2 Å². The van der Waals surface area contributed by atoms with Crippen molar-refractivity contribution in [1.29, 1.82) is 0 Å². The molecular formula is C23H22F3N3O4. The number of aryl methyl sites for hydroxylation is 1. The number of alkyl halides is 3. The maximum Gasteiger partial charge on any atom is 0.416 e. The molecule has 174 valence electrons. The van der Waals surface area contributed by atoms with Crippen LogP contribution in [0.1, 0.15) is 27.0 Å². The van der Waals surface area contributed by atoms with Gasteiger partial charge >= 0.3 is 11.9 Å².